The average Bonchev–Trinajstić information content (AvgIpc) is 2.60. The number of rotatable bonds is 1. The van der Waals surface area contributed by atoms with Crippen molar-refractivity contribution in [2.75, 3.05) is 6.61 Å². The highest BCUT2D eigenvalue weighted by Gasteiger charge is 2.45. The maximum atomic E-state index is 10.3. The van der Waals surface area contributed by atoms with Gasteiger partial charge >= 0.3 is 0 Å². The van der Waals surface area contributed by atoms with Crippen LogP contribution in [0.5, 0.6) is 0 Å². The zero-order chi connectivity index (χ0) is 10.2. The van der Waals surface area contributed by atoms with Gasteiger partial charge in [0.2, 0.25) is 0 Å². The van der Waals surface area contributed by atoms with Gasteiger partial charge in [-0.2, -0.15) is 0 Å². The Kier molecular flexibility index (Phi) is 2.61. The Labute approximate surface area is 86.6 Å². The molecule has 1 saturated carbocycles. The first-order chi connectivity index (χ1) is 6.56. The molecule has 0 bridgehead atoms. The van der Waals surface area contributed by atoms with Crippen LogP contribution in [0, 0.1) is 5.92 Å². The van der Waals surface area contributed by atoms with E-state index in [1.54, 1.807) is 0 Å². The fraction of sp³-hybridized carbons (Fsp3) is 1.00. The first-order valence-electron chi connectivity index (χ1n) is 5.93. The highest BCUT2D eigenvalue weighted by molar-refractivity contribution is 4.97. The molecular weight excluding hydrogens is 176 g/mol. The van der Waals surface area contributed by atoms with Crippen LogP contribution >= 0.6 is 0 Å². The van der Waals surface area contributed by atoms with Gasteiger partial charge in [0.05, 0.1) is 11.2 Å². The van der Waals surface area contributed by atoms with Gasteiger partial charge < -0.3 is 9.84 Å². The first-order valence-corrected chi connectivity index (χ1v) is 5.93. The Morgan fingerprint density at radius 2 is 1.71 bits per heavy atom. The van der Waals surface area contributed by atoms with Crippen LogP contribution in [-0.4, -0.2) is 22.9 Å². The monoisotopic (exact) mass is 198 g/mol. The summed E-state index contributed by atoms with van der Waals surface area (Å²) in [5.41, 5.74) is -0.266. The zero-order valence-electron chi connectivity index (χ0n) is 9.38. The molecule has 1 heterocycles. The number of hydrogen-bond acceptors (Lipinski definition) is 2. The van der Waals surface area contributed by atoms with Gasteiger partial charge in [-0.15, -0.1) is 0 Å². The van der Waals surface area contributed by atoms with Gasteiger partial charge in [0.25, 0.3) is 0 Å². The molecule has 1 spiro atoms. The van der Waals surface area contributed by atoms with Crippen LogP contribution in [0.4, 0.5) is 0 Å². The molecule has 0 aromatic rings. The Morgan fingerprint density at radius 3 is 2.14 bits per heavy atom. The quantitative estimate of drug-likeness (QED) is 0.701. The molecule has 1 N–H and O–H groups in total. The highest BCUT2D eigenvalue weighted by atomic mass is 16.5. The van der Waals surface area contributed by atoms with Crippen LogP contribution in [0.3, 0.4) is 0 Å². The molecule has 1 aliphatic heterocycles. The lowest BCUT2D eigenvalue weighted by Gasteiger charge is -2.43. The summed E-state index contributed by atoms with van der Waals surface area (Å²) in [6.45, 7) is 5.17. The molecule has 0 aromatic carbocycles. The fourth-order valence-corrected chi connectivity index (χ4v) is 2.87. The van der Waals surface area contributed by atoms with E-state index in [2.05, 4.69) is 13.8 Å². The molecule has 0 amide bonds. The SMILES string of the molecule is CC(C)C1(O)CCC2(CCCO2)CC1. The van der Waals surface area contributed by atoms with Gasteiger partial charge in [-0.25, -0.2) is 0 Å². The van der Waals surface area contributed by atoms with Crippen LogP contribution < -0.4 is 0 Å². The molecule has 1 aliphatic carbocycles. The van der Waals surface area contributed by atoms with Gasteiger partial charge in [-0.1, -0.05) is 13.8 Å². The highest BCUT2D eigenvalue weighted by Crippen LogP contribution is 2.45. The van der Waals surface area contributed by atoms with Crippen molar-refractivity contribution in [3.05, 3.63) is 0 Å². The largest absolute Gasteiger partial charge is 0.390 e. The van der Waals surface area contributed by atoms with E-state index < -0.39 is 5.60 Å². The van der Waals surface area contributed by atoms with Crippen molar-refractivity contribution >= 4 is 0 Å². The van der Waals surface area contributed by atoms with Crippen molar-refractivity contribution < 1.29 is 9.84 Å². The summed E-state index contributed by atoms with van der Waals surface area (Å²) < 4.78 is 5.84. The molecule has 82 valence electrons. The van der Waals surface area contributed by atoms with E-state index in [-0.39, 0.29) is 5.60 Å². The second-order valence-corrected chi connectivity index (χ2v) is 5.39. The molecule has 0 unspecified atom stereocenters. The molecule has 14 heavy (non-hydrogen) atoms. The van der Waals surface area contributed by atoms with Crippen molar-refractivity contribution in [2.45, 2.75) is 63.6 Å². The second kappa shape index (κ2) is 3.49. The maximum absolute atomic E-state index is 10.3. The summed E-state index contributed by atoms with van der Waals surface area (Å²) in [6.07, 6.45) is 6.37. The molecule has 2 aliphatic rings. The average molecular weight is 198 g/mol. The molecule has 2 heteroatoms. The van der Waals surface area contributed by atoms with Gasteiger partial charge in [-0.05, 0) is 44.4 Å². The minimum atomic E-state index is -0.419. The lowest BCUT2D eigenvalue weighted by molar-refractivity contribution is -0.109. The second-order valence-electron chi connectivity index (χ2n) is 5.39. The Morgan fingerprint density at radius 1 is 1.07 bits per heavy atom. The van der Waals surface area contributed by atoms with E-state index in [0.717, 1.165) is 32.3 Å². The number of hydrogen-bond donors (Lipinski definition) is 1. The van der Waals surface area contributed by atoms with Gasteiger partial charge in [-0.3, -0.25) is 0 Å². The minimum absolute atomic E-state index is 0.154. The van der Waals surface area contributed by atoms with E-state index in [0.29, 0.717) is 5.92 Å². The predicted molar refractivity (Wildman–Crippen MR) is 56.2 cm³/mol. The maximum Gasteiger partial charge on any atom is 0.0685 e. The molecular formula is C12H22O2. The molecule has 2 fully saturated rings. The van der Waals surface area contributed by atoms with Gasteiger partial charge in [0.15, 0.2) is 0 Å². The summed E-state index contributed by atoms with van der Waals surface area (Å²) in [7, 11) is 0. The van der Waals surface area contributed by atoms with E-state index in [1.165, 1.54) is 12.8 Å². The van der Waals surface area contributed by atoms with Crippen molar-refractivity contribution in [2.24, 2.45) is 5.92 Å². The molecule has 1 saturated heterocycles. The molecule has 0 aromatic heterocycles. The van der Waals surface area contributed by atoms with E-state index in [9.17, 15) is 5.11 Å². The fourth-order valence-electron chi connectivity index (χ4n) is 2.87. The minimum Gasteiger partial charge on any atom is -0.390 e. The lowest BCUT2D eigenvalue weighted by atomic mass is 9.70. The van der Waals surface area contributed by atoms with Crippen molar-refractivity contribution in [3.63, 3.8) is 0 Å². The number of ether oxygens (including phenoxy) is 1. The third-order valence-corrected chi connectivity index (χ3v) is 4.29. The molecule has 0 radical (unpaired) electrons. The smallest absolute Gasteiger partial charge is 0.0685 e. The lowest BCUT2D eigenvalue weighted by Crippen LogP contribution is -2.45. The molecule has 0 atom stereocenters. The standard InChI is InChI=1S/C12H22O2/c1-10(2)12(13)7-5-11(6-8-12)4-3-9-14-11/h10,13H,3-9H2,1-2H3. The third-order valence-electron chi connectivity index (χ3n) is 4.29. The van der Waals surface area contributed by atoms with Crippen LogP contribution in [0.15, 0.2) is 0 Å². The van der Waals surface area contributed by atoms with Crippen LogP contribution in [-0.2, 0) is 4.74 Å². The Hall–Kier alpha value is -0.0800. The van der Waals surface area contributed by atoms with E-state index in [1.807, 2.05) is 0 Å². The third kappa shape index (κ3) is 1.70. The zero-order valence-corrected chi connectivity index (χ0v) is 9.38. The summed E-state index contributed by atoms with van der Waals surface area (Å²) in [5, 5.41) is 10.3. The summed E-state index contributed by atoms with van der Waals surface area (Å²) in [6, 6.07) is 0. The van der Waals surface area contributed by atoms with Crippen molar-refractivity contribution in [1.29, 1.82) is 0 Å². The Bertz CT molecular complexity index is 188. The normalized spacial score (nSPS) is 43.7. The molecule has 2 rings (SSSR count). The summed E-state index contributed by atoms with van der Waals surface area (Å²) in [4.78, 5) is 0. The summed E-state index contributed by atoms with van der Waals surface area (Å²) in [5.74, 6) is 0.376. The Balaban J connectivity index is 1.97. The topological polar surface area (TPSA) is 29.5 Å². The van der Waals surface area contributed by atoms with Crippen molar-refractivity contribution in [3.8, 4) is 0 Å². The van der Waals surface area contributed by atoms with Crippen LogP contribution in [0.2, 0.25) is 0 Å². The van der Waals surface area contributed by atoms with Gasteiger partial charge in [0, 0.05) is 6.61 Å². The van der Waals surface area contributed by atoms with Gasteiger partial charge in [0.1, 0.15) is 0 Å². The number of aliphatic hydroxyl groups is 1. The first kappa shape index (κ1) is 10.4. The molecule has 2 nitrogen and oxygen atoms in total. The predicted octanol–water partition coefficient (Wildman–Crippen LogP) is 2.50. The van der Waals surface area contributed by atoms with E-state index in [4.69, 9.17) is 4.74 Å². The summed E-state index contributed by atoms with van der Waals surface area (Å²) >= 11 is 0. The van der Waals surface area contributed by atoms with Crippen molar-refractivity contribution in [1.82, 2.24) is 0 Å². The van der Waals surface area contributed by atoms with E-state index >= 15 is 0 Å². The van der Waals surface area contributed by atoms with Crippen LogP contribution in [0.25, 0.3) is 0 Å². The van der Waals surface area contributed by atoms with Crippen LogP contribution in [0.1, 0.15) is 52.4 Å².